The van der Waals surface area contributed by atoms with E-state index in [-0.39, 0.29) is 6.61 Å². The van der Waals surface area contributed by atoms with Crippen LogP contribution in [0.25, 0.3) is 0 Å². The van der Waals surface area contributed by atoms with Crippen LogP contribution in [0.3, 0.4) is 0 Å². The Morgan fingerprint density at radius 2 is 1.65 bits per heavy atom. The lowest BCUT2D eigenvalue weighted by atomic mass is 10.1. The molecular weight excluding hydrogens is 265 g/mol. The second kappa shape index (κ2) is 5.99. The van der Waals surface area contributed by atoms with E-state index in [0.717, 1.165) is 18.6 Å². The fourth-order valence-corrected chi connectivity index (χ4v) is 1.83. The number of aryl methyl sites for hydroxylation is 1. The quantitative estimate of drug-likeness (QED) is 0.778. The zero-order chi connectivity index (χ0) is 14.6. The topological polar surface area (TPSA) is 9.23 Å². The molecule has 0 saturated heterocycles. The normalized spacial score (nSPS) is 11.4. The van der Waals surface area contributed by atoms with Gasteiger partial charge in [0.25, 0.3) is 0 Å². The van der Waals surface area contributed by atoms with E-state index in [1.807, 2.05) is 24.3 Å². The molecule has 2 aromatic carbocycles. The van der Waals surface area contributed by atoms with Gasteiger partial charge in [-0.15, -0.1) is 0 Å². The maximum Gasteiger partial charge on any atom is 0.416 e. The van der Waals surface area contributed by atoms with Gasteiger partial charge in [0.2, 0.25) is 0 Å². The molecule has 0 unspecified atom stereocenters. The van der Waals surface area contributed by atoms with Crippen molar-refractivity contribution < 1.29 is 17.9 Å². The Morgan fingerprint density at radius 3 is 2.25 bits per heavy atom. The highest BCUT2D eigenvalue weighted by atomic mass is 19.4. The predicted octanol–water partition coefficient (Wildman–Crippen LogP) is 4.85. The van der Waals surface area contributed by atoms with Gasteiger partial charge in [-0.25, -0.2) is 0 Å². The van der Waals surface area contributed by atoms with Crippen molar-refractivity contribution in [3.8, 4) is 5.75 Å². The molecule has 20 heavy (non-hydrogen) atoms. The van der Waals surface area contributed by atoms with Crippen LogP contribution < -0.4 is 4.74 Å². The van der Waals surface area contributed by atoms with Crippen LogP contribution in [0.4, 0.5) is 13.2 Å². The van der Waals surface area contributed by atoms with Crippen LogP contribution in [0, 0.1) is 0 Å². The molecule has 0 N–H and O–H groups in total. The number of ether oxygens (including phenoxy) is 1. The summed E-state index contributed by atoms with van der Waals surface area (Å²) in [7, 11) is 0. The Bertz CT molecular complexity index is 559. The Hall–Kier alpha value is -1.97. The van der Waals surface area contributed by atoms with Crippen LogP contribution in [0.2, 0.25) is 0 Å². The first-order valence-corrected chi connectivity index (χ1v) is 6.37. The molecule has 2 rings (SSSR count). The van der Waals surface area contributed by atoms with Gasteiger partial charge in [-0.05, 0) is 41.8 Å². The van der Waals surface area contributed by atoms with Crippen LogP contribution in [-0.4, -0.2) is 0 Å². The van der Waals surface area contributed by atoms with Crippen LogP contribution in [0.15, 0.2) is 48.5 Å². The van der Waals surface area contributed by atoms with Crippen molar-refractivity contribution in [2.24, 2.45) is 0 Å². The smallest absolute Gasteiger partial charge is 0.416 e. The van der Waals surface area contributed by atoms with Gasteiger partial charge in [0.1, 0.15) is 12.4 Å². The van der Waals surface area contributed by atoms with Crippen molar-refractivity contribution in [3.63, 3.8) is 0 Å². The van der Waals surface area contributed by atoms with Crippen molar-refractivity contribution in [1.82, 2.24) is 0 Å². The second-order valence-corrected chi connectivity index (χ2v) is 4.48. The lowest BCUT2D eigenvalue weighted by Gasteiger charge is -2.10. The van der Waals surface area contributed by atoms with Gasteiger partial charge in [-0.3, -0.25) is 0 Å². The lowest BCUT2D eigenvalue weighted by Crippen LogP contribution is -2.06. The number of alkyl halides is 3. The molecule has 0 atom stereocenters. The molecule has 4 heteroatoms. The highest BCUT2D eigenvalue weighted by Gasteiger charge is 2.30. The van der Waals surface area contributed by atoms with Crippen molar-refractivity contribution in [1.29, 1.82) is 0 Å². The van der Waals surface area contributed by atoms with Crippen molar-refractivity contribution in [2.45, 2.75) is 26.1 Å². The molecule has 1 nitrogen and oxygen atoms in total. The summed E-state index contributed by atoms with van der Waals surface area (Å²) < 4.78 is 43.2. The van der Waals surface area contributed by atoms with E-state index < -0.39 is 11.7 Å². The average Bonchev–Trinajstić information content (AvgIpc) is 2.45. The Kier molecular flexibility index (Phi) is 4.32. The summed E-state index contributed by atoms with van der Waals surface area (Å²) in [5, 5.41) is 0. The summed E-state index contributed by atoms with van der Waals surface area (Å²) >= 11 is 0. The highest BCUT2D eigenvalue weighted by molar-refractivity contribution is 5.29. The molecule has 0 fully saturated rings. The van der Waals surface area contributed by atoms with Gasteiger partial charge in [-0.2, -0.15) is 13.2 Å². The summed E-state index contributed by atoms with van der Waals surface area (Å²) in [6.45, 7) is 2.17. The largest absolute Gasteiger partial charge is 0.489 e. The van der Waals surface area contributed by atoms with Crippen LogP contribution in [0.1, 0.15) is 23.6 Å². The predicted molar refractivity (Wildman–Crippen MR) is 71.6 cm³/mol. The van der Waals surface area contributed by atoms with Crippen LogP contribution in [-0.2, 0) is 19.2 Å². The first-order chi connectivity index (χ1) is 9.49. The molecular formula is C16H15F3O. The molecule has 0 bridgehead atoms. The van der Waals surface area contributed by atoms with Gasteiger partial charge >= 0.3 is 6.18 Å². The van der Waals surface area contributed by atoms with Gasteiger partial charge in [0.15, 0.2) is 0 Å². The third kappa shape index (κ3) is 3.76. The van der Waals surface area contributed by atoms with Crippen molar-refractivity contribution >= 4 is 0 Å². The first kappa shape index (κ1) is 14.4. The number of benzene rings is 2. The van der Waals surface area contributed by atoms with E-state index in [4.69, 9.17) is 4.74 Å². The molecule has 0 aliphatic heterocycles. The molecule has 0 amide bonds. The Labute approximate surface area is 116 Å². The molecule has 0 heterocycles. The summed E-state index contributed by atoms with van der Waals surface area (Å²) in [6, 6.07) is 12.7. The van der Waals surface area contributed by atoms with Gasteiger partial charge in [0.05, 0.1) is 5.56 Å². The van der Waals surface area contributed by atoms with E-state index >= 15 is 0 Å². The maximum atomic E-state index is 12.6. The maximum absolute atomic E-state index is 12.6. The minimum Gasteiger partial charge on any atom is -0.489 e. The number of hydrogen-bond donors (Lipinski definition) is 0. The van der Waals surface area contributed by atoms with Gasteiger partial charge in [0, 0.05) is 0 Å². The summed E-state index contributed by atoms with van der Waals surface area (Å²) in [5.41, 5.74) is 1.04. The molecule has 0 aliphatic rings. The van der Waals surface area contributed by atoms with Gasteiger partial charge < -0.3 is 4.74 Å². The molecule has 0 spiro atoms. The molecule has 0 saturated carbocycles. The van der Waals surface area contributed by atoms with Crippen LogP contribution in [0.5, 0.6) is 5.75 Å². The van der Waals surface area contributed by atoms with Crippen molar-refractivity contribution in [3.05, 3.63) is 65.2 Å². The van der Waals surface area contributed by atoms with Gasteiger partial charge in [-0.1, -0.05) is 31.2 Å². The van der Waals surface area contributed by atoms with Crippen LogP contribution >= 0.6 is 0 Å². The Balaban J connectivity index is 2.03. The molecule has 106 valence electrons. The summed E-state index contributed by atoms with van der Waals surface area (Å²) in [5.74, 6) is 0.652. The highest BCUT2D eigenvalue weighted by Crippen LogP contribution is 2.29. The monoisotopic (exact) mass is 280 g/mol. The third-order valence-corrected chi connectivity index (χ3v) is 2.99. The zero-order valence-electron chi connectivity index (χ0n) is 11.1. The average molecular weight is 280 g/mol. The fraction of sp³-hybridized carbons (Fsp3) is 0.250. The summed E-state index contributed by atoms with van der Waals surface area (Å²) in [6.07, 6.45) is -3.38. The number of rotatable bonds is 4. The number of hydrogen-bond acceptors (Lipinski definition) is 1. The third-order valence-electron chi connectivity index (χ3n) is 2.99. The minimum absolute atomic E-state index is 0.120. The first-order valence-electron chi connectivity index (χ1n) is 6.37. The molecule has 0 radical (unpaired) electrons. The summed E-state index contributed by atoms with van der Waals surface area (Å²) in [4.78, 5) is 0. The van der Waals surface area contributed by atoms with E-state index in [9.17, 15) is 13.2 Å². The second-order valence-electron chi connectivity index (χ2n) is 4.48. The van der Waals surface area contributed by atoms with E-state index in [1.54, 1.807) is 6.07 Å². The van der Waals surface area contributed by atoms with E-state index in [0.29, 0.717) is 11.3 Å². The standard InChI is InChI=1S/C16H15F3O/c1-2-12-6-8-15(9-7-12)20-11-13-4-3-5-14(10-13)16(17,18)19/h3-10H,2,11H2,1H3. The number of halogens is 3. The fourth-order valence-electron chi connectivity index (χ4n) is 1.83. The Morgan fingerprint density at radius 1 is 0.950 bits per heavy atom. The molecule has 0 aromatic heterocycles. The molecule has 0 aliphatic carbocycles. The molecule has 2 aromatic rings. The van der Waals surface area contributed by atoms with E-state index in [1.165, 1.54) is 11.6 Å². The van der Waals surface area contributed by atoms with Crippen molar-refractivity contribution in [2.75, 3.05) is 0 Å². The van der Waals surface area contributed by atoms with E-state index in [2.05, 4.69) is 6.92 Å². The lowest BCUT2D eigenvalue weighted by molar-refractivity contribution is -0.137. The zero-order valence-corrected chi connectivity index (χ0v) is 11.1. The SMILES string of the molecule is CCc1ccc(OCc2cccc(C(F)(F)F)c2)cc1. The minimum atomic E-state index is -4.32.